The molecule has 0 saturated carbocycles. The number of carbonyl (C=O) groups is 2. The van der Waals surface area contributed by atoms with Gasteiger partial charge in [-0.15, -0.1) is 0 Å². The van der Waals surface area contributed by atoms with E-state index in [4.69, 9.17) is 4.74 Å². The maximum Gasteiger partial charge on any atom is 0.418 e. The highest BCUT2D eigenvalue weighted by atomic mass is 19.4. The predicted octanol–water partition coefficient (Wildman–Crippen LogP) is 4.18. The maximum absolute atomic E-state index is 13.3. The first-order valence-corrected chi connectivity index (χ1v) is 11.7. The predicted molar refractivity (Wildman–Crippen MR) is 133 cm³/mol. The Morgan fingerprint density at radius 3 is 2.53 bits per heavy atom. The van der Waals surface area contributed by atoms with Crippen LogP contribution < -0.4 is 10.6 Å². The lowest BCUT2D eigenvalue weighted by Gasteiger charge is -2.21. The summed E-state index contributed by atoms with van der Waals surface area (Å²) in [5, 5.41) is 5.58. The second-order valence-electron chi connectivity index (χ2n) is 8.88. The van der Waals surface area contributed by atoms with Crippen LogP contribution in [0, 0.1) is 19.3 Å². The largest absolute Gasteiger partial charge is 0.418 e. The Morgan fingerprint density at radius 2 is 1.87 bits per heavy atom. The van der Waals surface area contributed by atoms with Crippen molar-refractivity contribution in [2.45, 2.75) is 33.0 Å². The number of carbonyl (C=O) groups excluding carboxylic acids is 2. The molecule has 198 valence electrons. The molecule has 2 aromatic heterocycles. The van der Waals surface area contributed by atoms with E-state index in [1.54, 1.807) is 19.9 Å². The first kappa shape index (κ1) is 26.9. The van der Waals surface area contributed by atoms with Gasteiger partial charge < -0.3 is 15.4 Å². The van der Waals surface area contributed by atoms with Gasteiger partial charge in [-0.05, 0) is 44.0 Å². The molecule has 4 rings (SSSR count). The number of hydrogen-bond acceptors (Lipinski definition) is 7. The normalized spacial score (nSPS) is 17.5. The number of aromatic nitrogens is 3. The van der Waals surface area contributed by atoms with Gasteiger partial charge >= 0.3 is 6.18 Å². The van der Waals surface area contributed by atoms with E-state index in [0.717, 1.165) is 6.07 Å². The number of amides is 2. The molecule has 3 aromatic rings. The summed E-state index contributed by atoms with van der Waals surface area (Å²) in [5.74, 6) is -0.435. The average Bonchev–Trinajstić information content (AvgIpc) is 3.37. The van der Waals surface area contributed by atoms with Crippen molar-refractivity contribution in [2.24, 2.45) is 10.4 Å². The van der Waals surface area contributed by atoms with Gasteiger partial charge in [0.25, 0.3) is 5.91 Å². The Labute approximate surface area is 216 Å². The van der Waals surface area contributed by atoms with Crippen LogP contribution in [-0.2, 0) is 22.3 Å². The Bertz CT molecular complexity index is 1350. The summed E-state index contributed by atoms with van der Waals surface area (Å²) in [4.78, 5) is 41.8. The molecule has 0 spiro atoms. The summed E-state index contributed by atoms with van der Waals surface area (Å²) in [6.07, 6.45) is 1.29. The average molecular weight is 527 g/mol. The fourth-order valence-corrected chi connectivity index (χ4v) is 3.87. The second-order valence-corrected chi connectivity index (χ2v) is 8.88. The number of halogens is 3. The van der Waals surface area contributed by atoms with Crippen molar-refractivity contribution in [1.82, 2.24) is 20.3 Å². The smallest absolute Gasteiger partial charge is 0.380 e. The molecule has 0 bridgehead atoms. The lowest BCUT2D eigenvalue weighted by Crippen LogP contribution is -2.42. The minimum absolute atomic E-state index is 0.0634. The molecule has 0 radical (unpaired) electrons. The van der Waals surface area contributed by atoms with Crippen LogP contribution in [0.25, 0.3) is 0 Å². The number of ether oxygens (including phenoxy) is 1. The minimum atomic E-state index is -4.50. The lowest BCUT2D eigenvalue weighted by atomic mass is 9.87. The SMILES string of the molecule is Cc1ncc(C(=O)N=C[C@@]2(C(=O)NCc3ncc(Nc4ccccc4C(F)(F)F)cc3C)CCOC2)cn1. The van der Waals surface area contributed by atoms with E-state index in [1.165, 1.54) is 43.0 Å². The summed E-state index contributed by atoms with van der Waals surface area (Å²) >= 11 is 0. The molecule has 2 amide bonds. The van der Waals surface area contributed by atoms with E-state index < -0.39 is 23.1 Å². The standard InChI is InChI=1S/C26H25F3N6O3/c1-16-9-19(35-21-6-4-3-5-20(21)26(27,28)29)12-32-22(16)13-33-24(37)25(7-8-38-15-25)14-34-23(36)18-10-30-17(2)31-11-18/h3-6,9-12,14,35H,7-8,13,15H2,1-2H3,(H,33,37)/t25-/m0/s1. The van der Waals surface area contributed by atoms with Gasteiger partial charge in [-0.2, -0.15) is 13.2 Å². The van der Waals surface area contributed by atoms with Gasteiger partial charge in [0.15, 0.2) is 0 Å². The van der Waals surface area contributed by atoms with Crippen molar-refractivity contribution in [3.8, 4) is 0 Å². The van der Waals surface area contributed by atoms with Gasteiger partial charge in [-0.25, -0.2) is 15.0 Å². The van der Waals surface area contributed by atoms with Gasteiger partial charge in [-0.1, -0.05) is 12.1 Å². The van der Waals surface area contributed by atoms with Crippen LogP contribution in [0.3, 0.4) is 0 Å². The molecule has 3 heterocycles. The number of rotatable bonds is 7. The third-order valence-corrected chi connectivity index (χ3v) is 6.08. The van der Waals surface area contributed by atoms with Crippen molar-refractivity contribution in [3.63, 3.8) is 0 Å². The molecule has 1 atom stereocenters. The van der Waals surface area contributed by atoms with Crippen molar-refractivity contribution in [2.75, 3.05) is 18.5 Å². The van der Waals surface area contributed by atoms with E-state index in [0.29, 0.717) is 35.8 Å². The highest BCUT2D eigenvalue weighted by Crippen LogP contribution is 2.36. The number of alkyl halides is 3. The zero-order chi connectivity index (χ0) is 27.3. The fraction of sp³-hybridized carbons (Fsp3) is 0.308. The van der Waals surface area contributed by atoms with Gasteiger partial charge in [0.05, 0.1) is 47.5 Å². The molecular formula is C26H25F3N6O3. The number of benzene rings is 1. The van der Waals surface area contributed by atoms with E-state index in [-0.39, 0.29) is 30.3 Å². The Kier molecular flexibility index (Phi) is 7.81. The molecule has 1 saturated heterocycles. The maximum atomic E-state index is 13.3. The molecule has 1 aromatic carbocycles. The molecule has 2 N–H and O–H groups in total. The molecule has 1 aliphatic heterocycles. The molecule has 9 nitrogen and oxygen atoms in total. The van der Waals surface area contributed by atoms with Gasteiger partial charge in [-0.3, -0.25) is 14.6 Å². The number of nitrogens with zero attached hydrogens (tertiary/aromatic N) is 4. The monoisotopic (exact) mass is 526 g/mol. The van der Waals surface area contributed by atoms with Crippen LogP contribution in [0.15, 0.2) is 53.9 Å². The van der Waals surface area contributed by atoms with E-state index in [2.05, 4.69) is 30.6 Å². The Balaban J connectivity index is 1.43. The first-order valence-electron chi connectivity index (χ1n) is 11.7. The number of nitrogens with one attached hydrogen (secondary N) is 2. The molecule has 12 heteroatoms. The Hall–Kier alpha value is -4.19. The van der Waals surface area contributed by atoms with Gasteiger partial charge in [0, 0.05) is 25.2 Å². The summed E-state index contributed by atoms with van der Waals surface area (Å²) in [6, 6.07) is 6.83. The number of para-hydroxylation sites is 1. The molecular weight excluding hydrogens is 501 g/mol. The molecule has 0 aliphatic carbocycles. The van der Waals surface area contributed by atoms with Crippen molar-refractivity contribution < 1.29 is 27.5 Å². The van der Waals surface area contributed by atoms with E-state index >= 15 is 0 Å². The second kappa shape index (κ2) is 11.1. The number of anilines is 2. The number of aryl methyl sites for hydroxylation is 2. The fourth-order valence-electron chi connectivity index (χ4n) is 3.87. The quantitative estimate of drug-likeness (QED) is 0.443. The van der Waals surface area contributed by atoms with Crippen LogP contribution in [0.2, 0.25) is 0 Å². The van der Waals surface area contributed by atoms with Gasteiger partial charge in [0.2, 0.25) is 5.91 Å². The van der Waals surface area contributed by atoms with Crippen molar-refractivity contribution >= 4 is 29.4 Å². The highest BCUT2D eigenvalue weighted by Gasteiger charge is 2.41. The number of hydrogen-bond donors (Lipinski definition) is 2. The van der Waals surface area contributed by atoms with Crippen LogP contribution in [-0.4, -0.2) is 46.2 Å². The molecule has 1 aliphatic rings. The number of pyridine rings is 1. The van der Waals surface area contributed by atoms with Crippen molar-refractivity contribution in [3.05, 3.63) is 77.1 Å². The molecule has 1 fully saturated rings. The zero-order valence-electron chi connectivity index (χ0n) is 20.7. The lowest BCUT2D eigenvalue weighted by molar-refractivity contribution is -0.137. The summed E-state index contributed by atoms with van der Waals surface area (Å²) in [6.45, 7) is 3.90. The van der Waals surface area contributed by atoms with Crippen LogP contribution in [0.1, 0.15) is 39.4 Å². The van der Waals surface area contributed by atoms with E-state index in [9.17, 15) is 22.8 Å². The van der Waals surface area contributed by atoms with E-state index in [1.807, 2.05) is 0 Å². The first-order chi connectivity index (χ1) is 18.1. The summed E-state index contributed by atoms with van der Waals surface area (Å²) in [5.41, 5.74) is -0.220. The number of aliphatic imine (C=N–C) groups is 1. The topological polar surface area (TPSA) is 118 Å². The van der Waals surface area contributed by atoms with Crippen molar-refractivity contribution in [1.29, 1.82) is 0 Å². The third kappa shape index (κ3) is 6.20. The zero-order valence-corrected chi connectivity index (χ0v) is 20.7. The summed E-state index contributed by atoms with van der Waals surface area (Å²) < 4.78 is 45.3. The molecule has 38 heavy (non-hydrogen) atoms. The third-order valence-electron chi connectivity index (χ3n) is 6.08. The van der Waals surface area contributed by atoms with Crippen LogP contribution in [0.4, 0.5) is 24.5 Å². The van der Waals surface area contributed by atoms with Crippen LogP contribution >= 0.6 is 0 Å². The molecule has 0 unspecified atom stereocenters. The highest BCUT2D eigenvalue weighted by molar-refractivity contribution is 6.05. The Morgan fingerprint density at radius 1 is 1.13 bits per heavy atom. The van der Waals surface area contributed by atoms with Crippen LogP contribution in [0.5, 0.6) is 0 Å². The summed E-state index contributed by atoms with van der Waals surface area (Å²) in [7, 11) is 0. The minimum Gasteiger partial charge on any atom is -0.380 e. The van der Waals surface area contributed by atoms with Gasteiger partial charge in [0.1, 0.15) is 11.2 Å².